The van der Waals surface area contributed by atoms with Gasteiger partial charge in [0.25, 0.3) is 11.8 Å². The second-order valence-electron chi connectivity index (χ2n) is 8.21. The fourth-order valence-corrected chi connectivity index (χ4v) is 4.60. The Morgan fingerprint density at radius 3 is 2.35 bits per heavy atom. The summed E-state index contributed by atoms with van der Waals surface area (Å²) in [6, 6.07) is 22.9. The number of carbonyl (C=O) groups excluding carboxylic acids is 2. The van der Waals surface area contributed by atoms with Crippen molar-refractivity contribution in [1.29, 1.82) is 5.26 Å². The summed E-state index contributed by atoms with van der Waals surface area (Å²) >= 11 is 0. The van der Waals surface area contributed by atoms with Gasteiger partial charge in [-0.05, 0) is 66.0 Å². The fraction of sp³-hybridized carbons (Fsp3) is 0. The molecule has 2 amide bonds. The van der Waals surface area contributed by atoms with E-state index in [2.05, 4.69) is 10.4 Å². The molecule has 5 N–H and O–H groups in total. The van der Waals surface area contributed by atoms with Crippen molar-refractivity contribution in [2.45, 2.75) is 4.90 Å². The first-order chi connectivity index (χ1) is 17.7. The molecule has 0 spiro atoms. The van der Waals surface area contributed by atoms with E-state index in [4.69, 9.17) is 16.1 Å². The van der Waals surface area contributed by atoms with Gasteiger partial charge >= 0.3 is 0 Å². The van der Waals surface area contributed by atoms with Gasteiger partial charge in [0, 0.05) is 22.0 Å². The summed E-state index contributed by atoms with van der Waals surface area (Å²) in [5.41, 5.74) is 7.81. The minimum atomic E-state index is -3.89. The van der Waals surface area contributed by atoms with Crippen molar-refractivity contribution in [3.8, 4) is 11.8 Å². The van der Waals surface area contributed by atoms with Crippen molar-refractivity contribution < 1.29 is 18.0 Å². The number of hydrogen-bond donors (Lipinski definition) is 3. The van der Waals surface area contributed by atoms with Gasteiger partial charge in [0.1, 0.15) is 0 Å². The highest BCUT2D eigenvalue weighted by molar-refractivity contribution is 7.89. The summed E-state index contributed by atoms with van der Waals surface area (Å²) < 4.78 is 24.8. The molecule has 0 unspecified atom stereocenters. The maximum Gasteiger partial charge on any atom is 0.269 e. The van der Waals surface area contributed by atoms with E-state index in [1.807, 2.05) is 18.2 Å². The maximum absolute atomic E-state index is 12.8. The largest absolute Gasteiger partial charge is 0.364 e. The number of primary amides is 1. The minimum absolute atomic E-state index is 0.0372. The van der Waals surface area contributed by atoms with Gasteiger partial charge in [-0.3, -0.25) is 9.59 Å². The summed E-state index contributed by atoms with van der Waals surface area (Å²) in [4.78, 5) is 24.9. The summed E-state index contributed by atoms with van der Waals surface area (Å²) in [6.45, 7) is 0. The topological polar surface area (TPSA) is 174 Å². The van der Waals surface area contributed by atoms with Crippen molar-refractivity contribution in [3.05, 3.63) is 95.7 Å². The van der Waals surface area contributed by atoms with Crippen molar-refractivity contribution in [3.63, 3.8) is 0 Å². The first-order valence-corrected chi connectivity index (χ1v) is 12.4. The molecular weight excluding hydrogens is 492 g/mol. The van der Waals surface area contributed by atoms with Crippen LogP contribution in [0.2, 0.25) is 0 Å². The number of carbonyl (C=O) groups is 2. The molecule has 0 saturated heterocycles. The van der Waals surface area contributed by atoms with E-state index >= 15 is 0 Å². The number of hydrogen-bond acceptors (Lipinski definition) is 6. The number of nitrogens with zero attached hydrogens (tertiary/aromatic N) is 3. The molecule has 1 heterocycles. The maximum atomic E-state index is 12.8. The Labute approximate surface area is 210 Å². The quantitative estimate of drug-likeness (QED) is 0.327. The van der Waals surface area contributed by atoms with E-state index in [-0.39, 0.29) is 10.6 Å². The van der Waals surface area contributed by atoms with Gasteiger partial charge in [0.05, 0.1) is 27.7 Å². The normalized spacial score (nSPS) is 11.4. The molecule has 0 atom stereocenters. The number of anilines is 1. The summed E-state index contributed by atoms with van der Waals surface area (Å²) in [7, 11) is -3.89. The molecule has 1 aromatic heterocycles. The van der Waals surface area contributed by atoms with Crippen LogP contribution >= 0.6 is 0 Å². The number of benzene rings is 4. The van der Waals surface area contributed by atoms with E-state index in [0.29, 0.717) is 38.8 Å². The molecule has 5 rings (SSSR count). The number of nitrogens with one attached hydrogen (secondary N) is 1. The number of aromatic nitrogens is 2. The zero-order chi connectivity index (χ0) is 26.3. The SMILES string of the molecule is N#Cc1cccc(C(=O)Nc2ccc3ccc4c(C(N)=O)nn(-c5ccc(S(N)(=O)=O)cc5)c4c3c2)c1. The lowest BCUT2D eigenvalue weighted by atomic mass is 10.0. The number of amides is 2. The molecule has 10 nitrogen and oxygen atoms in total. The molecule has 37 heavy (non-hydrogen) atoms. The van der Waals surface area contributed by atoms with Gasteiger partial charge < -0.3 is 11.1 Å². The molecule has 0 radical (unpaired) electrons. The lowest BCUT2D eigenvalue weighted by Crippen LogP contribution is -2.13. The van der Waals surface area contributed by atoms with Crippen LogP contribution in [0.15, 0.2) is 83.8 Å². The Kier molecular flexibility index (Phi) is 5.68. The molecule has 5 aromatic rings. The molecule has 0 aliphatic carbocycles. The van der Waals surface area contributed by atoms with Gasteiger partial charge in [0.15, 0.2) is 5.69 Å². The summed E-state index contributed by atoms with van der Waals surface area (Å²) in [5, 5.41) is 23.5. The average molecular weight is 511 g/mol. The second-order valence-corrected chi connectivity index (χ2v) is 9.77. The molecule has 0 fully saturated rings. The third-order valence-corrected chi connectivity index (χ3v) is 6.74. The number of nitriles is 1. The monoisotopic (exact) mass is 510 g/mol. The summed E-state index contributed by atoms with van der Waals surface area (Å²) in [5.74, 6) is -1.13. The van der Waals surface area contributed by atoms with Crippen molar-refractivity contribution in [2.75, 3.05) is 5.32 Å². The van der Waals surface area contributed by atoms with Crippen LogP contribution in [-0.4, -0.2) is 30.0 Å². The Morgan fingerprint density at radius 1 is 0.946 bits per heavy atom. The Balaban J connectivity index is 1.66. The van der Waals surface area contributed by atoms with Crippen LogP contribution in [0.1, 0.15) is 26.4 Å². The molecule has 11 heteroatoms. The predicted octanol–water partition coefficient (Wildman–Crippen LogP) is 3.05. The lowest BCUT2D eigenvalue weighted by molar-refractivity contribution is 0.0994. The van der Waals surface area contributed by atoms with Crippen LogP contribution in [0.3, 0.4) is 0 Å². The molecule has 0 aliphatic rings. The molecular formula is C26H18N6O4S. The van der Waals surface area contributed by atoms with Crippen LogP contribution in [0.5, 0.6) is 0 Å². The van der Waals surface area contributed by atoms with Crippen molar-refractivity contribution in [1.82, 2.24) is 9.78 Å². The van der Waals surface area contributed by atoms with Crippen LogP contribution in [0.4, 0.5) is 5.69 Å². The zero-order valence-corrected chi connectivity index (χ0v) is 19.9. The van der Waals surface area contributed by atoms with Crippen LogP contribution in [0.25, 0.3) is 27.4 Å². The Hall–Kier alpha value is -5.05. The first kappa shape index (κ1) is 23.7. The second kappa shape index (κ2) is 8.87. The molecule has 4 aromatic carbocycles. The smallest absolute Gasteiger partial charge is 0.269 e. The number of rotatable bonds is 5. The van der Waals surface area contributed by atoms with Gasteiger partial charge in [-0.15, -0.1) is 0 Å². The molecule has 0 bridgehead atoms. The predicted molar refractivity (Wildman–Crippen MR) is 138 cm³/mol. The number of nitrogens with two attached hydrogens (primary N) is 2. The molecule has 182 valence electrons. The third kappa shape index (κ3) is 4.38. The highest BCUT2D eigenvalue weighted by atomic mass is 32.2. The summed E-state index contributed by atoms with van der Waals surface area (Å²) in [6.07, 6.45) is 0. The van der Waals surface area contributed by atoms with E-state index in [9.17, 15) is 18.0 Å². The Morgan fingerprint density at radius 2 is 1.68 bits per heavy atom. The Bertz CT molecular complexity index is 1890. The average Bonchev–Trinajstić information content (AvgIpc) is 3.29. The van der Waals surface area contributed by atoms with Gasteiger partial charge in [-0.25, -0.2) is 18.2 Å². The van der Waals surface area contributed by atoms with Crippen LogP contribution in [-0.2, 0) is 10.0 Å². The van der Waals surface area contributed by atoms with Gasteiger partial charge in [-0.2, -0.15) is 10.4 Å². The lowest BCUT2D eigenvalue weighted by Gasteiger charge is -2.10. The van der Waals surface area contributed by atoms with E-state index in [0.717, 1.165) is 5.39 Å². The first-order valence-electron chi connectivity index (χ1n) is 10.9. The highest BCUT2D eigenvalue weighted by Crippen LogP contribution is 2.32. The van der Waals surface area contributed by atoms with Crippen molar-refractivity contribution >= 4 is 49.2 Å². The fourth-order valence-electron chi connectivity index (χ4n) is 4.08. The number of sulfonamides is 1. The highest BCUT2D eigenvalue weighted by Gasteiger charge is 2.19. The number of primary sulfonamides is 1. The zero-order valence-electron chi connectivity index (χ0n) is 19.0. The molecule has 0 saturated carbocycles. The van der Waals surface area contributed by atoms with E-state index in [1.54, 1.807) is 36.4 Å². The molecule has 0 aliphatic heterocycles. The third-order valence-electron chi connectivity index (χ3n) is 5.81. The standard InChI is InChI=1S/C26H18N6O4S/c27-14-15-2-1-3-17(12-15)26(34)30-18-6-4-16-5-11-21-23(25(28)33)31-32(24(21)22(16)13-18)19-7-9-20(10-8-19)37(29,35)36/h1-13H,(H2,28,33)(H,30,34)(H2,29,35,36). The number of fused-ring (bicyclic) bond motifs is 3. The van der Waals surface area contributed by atoms with E-state index < -0.39 is 21.8 Å². The van der Waals surface area contributed by atoms with Crippen molar-refractivity contribution in [2.24, 2.45) is 10.9 Å². The minimum Gasteiger partial charge on any atom is -0.364 e. The van der Waals surface area contributed by atoms with E-state index in [1.165, 1.54) is 35.0 Å². The van der Waals surface area contributed by atoms with Crippen LogP contribution in [0, 0.1) is 11.3 Å². The van der Waals surface area contributed by atoms with Gasteiger partial charge in [0.2, 0.25) is 10.0 Å². The van der Waals surface area contributed by atoms with Crippen LogP contribution < -0.4 is 16.2 Å². The van der Waals surface area contributed by atoms with Gasteiger partial charge in [-0.1, -0.05) is 18.2 Å².